The van der Waals surface area contributed by atoms with Gasteiger partial charge in [0.25, 0.3) is 0 Å². The minimum absolute atomic E-state index is 0.407. The van der Waals surface area contributed by atoms with Gasteiger partial charge in [0.05, 0.1) is 0 Å². The van der Waals surface area contributed by atoms with E-state index in [1.807, 2.05) is 18.7 Å². The number of ether oxygens (including phenoxy) is 1. The van der Waals surface area contributed by atoms with Crippen molar-refractivity contribution >= 4 is 17.7 Å². The van der Waals surface area contributed by atoms with E-state index in [1.54, 1.807) is 0 Å². The summed E-state index contributed by atoms with van der Waals surface area (Å²) in [6.45, 7) is 6.71. The first-order valence-corrected chi connectivity index (χ1v) is 8.12. The molecule has 0 amide bonds. The molecule has 0 radical (unpaired) electrons. The molecule has 2 N–H and O–H groups in total. The summed E-state index contributed by atoms with van der Waals surface area (Å²) >= 11 is 2.00. The Morgan fingerprint density at radius 3 is 2.72 bits per heavy atom. The van der Waals surface area contributed by atoms with Crippen molar-refractivity contribution in [3.8, 4) is 0 Å². The van der Waals surface area contributed by atoms with E-state index in [1.165, 1.54) is 24.3 Å². The van der Waals surface area contributed by atoms with Crippen LogP contribution in [-0.2, 0) is 4.74 Å². The average molecular weight is 271 g/mol. The van der Waals surface area contributed by atoms with E-state index >= 15 is 0 Å². The van der Waals surface area contributed by atoms with E-state index in [0.29, 0.717) is 5.41 Å². The number of hydrogen-bond acceptors (Lipinski definition) is 3. The highest BCUT2D eigenvalue weighted by Gasteiger charge is 2.41. The van der Waals surface area contributed by atoms with Crippen molar-refractivity contribution in [2.24, 2.45) is 16.1 Å². The van der Waals surface area contributed by atoms with E-state index in [2.05, 4.69) is 9.89 Å². The molecule has 1 aliphatic heterocycles. The van der Waals surface area contributed by atoms with Gasteiger partial charge in [0, 0.05) is 44.4 Å². The summed E-state index contributed by atoms with van der Waals surface area (Å²) in [6, 6.07) is 0. The highest BCUT2D eigenvalue weighted by atomic mass is 32.2. The van der Waals surface area contributed by atoms with Crippen LogP contribution in [0.4, 0.5) is 0 Å². The Labute approximate surface area is 114 Å². The highest BCUT2D eigenvalue weighted by Crippen LogP contribution is 2.49. The number of hydrogen-bond donors (Lipinski definition) is 1. The summed E-state index contributed by atoms with van der Waals surface area (Å²) in [7, 11) is 0. The van der Waals surface area contributed by atoms with Gasteiger partial charge in [0.15, 0.2) is 5.96 Å². The molecule has 18 heavy (non-hydrogen) atoms. The summed E-state index contributed by atoms with van der Waals surface area (Å²) in [4.78, 5) is 6.83. The maximum absolute atomic E-state index is 6.07. The molecule has 0 aromatic heterocycles. The Kier molecular flexibility index (Phi) is 5.18. The Morgan fingerprint density at radius 2 is 2.11 bits per heavy atom. The topological polar surface area (TPSA) is 50.9 Å². The van der Waals surface area contributed by atoms with Crippen molar-refractivity contribution in [3.05, 3.63) is 0 Å². The van der Waals surface area contributed by atoms with Gasteiger partial charge in [-0.1, -0.05) is 0 Å². The van der Waals surface area contributed by atoms with Crippen LogP contribution in [0.25, 0.3) is 0 Å². The van der Waals surface area contributed by atoms with E-state index in [9.17, 15) is 0 Å². The van der Waals surface area contributed by atoms with Gasteiger partial charge in [-0.05, 0) is 31.6 Å². The maximum atomic E-state index is 6.07. The molecule has 2 fully saturated rings. The Bertz CT molecular complexity index is 286. The smallest absolute Gasteiger partial charge is 0.191 e. The van der Waals surface area contributed by atoms with E-state index in [-0.39, 0.29) is 0 Å². The first-order chi connectivity index (χ1) is 8.76. The lowest BCUT2D eigenvalue weighted by Crippen LogP contribution is -2.43. The molecule has 0 aromatic rings. The fourth-order valence-electron chi connectivity index (χ4n) is 2.24. The number of guanidine groups is 1. The summed E-state index contributed by atoms with van der Waals surface area (Å²) in [5.74, 6) is 3.09. The lowest BCUT2D eigenvalue weighted by molar-refractivity contribution is 0.129. The zero-order valence-corrected chi connectivity index (χ0v) is 12.2. The normalized spacial score (nSPS) is 23.2. The zero-order chi connectivity index (χ0) is 12.8. The third-order valence-electron chi connectivity index (χ3n) is 3.85. The quantitative estimate of drug-likeness (QED) is 0.452. The summed E-state index contributed by atoms with van der Waals surface area (Å²) < 4.78 is 5.44. The summed E-state index contributed by atoms with van der Waals surface area (Å²) in [6.07, 6.45) is 3.70. The van der Waals surface area contributed by atoms with E-state index in [4.69, 9.17) is 10.5 Å². The van der Waals surface area contributed by atoms with Crippen molar-refractivity contribution in [1.29, 1.82) is 0 Å². The molecule has 104 valence electrons. The lowest BCUT2D eigenvalue weighted by atomic mass is 10.0. The molecule has 0 bridgehead atoms. The first-order valence-electron chi connectivity index (χ1n) is 6.96. The number of nitrogens with zero attached hydrogens (tertiary/aromatic N) is 2. The molecule has 5 heteroatoms. The predicted molar refractivity (Wildman–Crippen MR) is 78.2 cm³/mol. The standard InChI is InChI=1S/C13H25N3OS/c1-2-17-8-5-13(3-4-13)11-15-12(14)16-6-9-18-10-7-16/h2-11H2,1H3,(H2,14,15). The highest BCUT2D eigenvalue weighted by molar-refractivity contribution is 7.99. The van der Waals surface area contributed by atoms with Crippen LogP contribution in [-0.4, -0.2) is 55.2 Å². The monoisotopic (exact) mass is 271 g/mol. The minimum atomic E-state index is 0.407. The van der Waals surface area contributed by atoms with Crippen molar-refractivity contribution in [1.82, 2.24) is 4.90 Å². The number of rotatable bonds is 6. The Hall–Kier alpha value is -0.420. The minimum Gasteiger partial charge on any atom is -0.382 e. The zero-order valence-electron chi connectivity index (χ0n) is 11.4. The van der Waals surface area contributed by atoms with Crippen LogP contribution in [0.3, 0.4) is 0 Å². The van der Waals surface area contributed by atoms with Gasteiger partial charge in [0.1, 0.15) is 0 Å². The molecule has 0 atom stereocenters. The van der Waals surface area contributed by atoms with Gasteiger partial charge in [-0.2, -0.15) is 11.8 Å². The second kappa shape index (κ2) is 6.66. The van der Waals surface area contributed by atoms with Crippen LogP contribution in [0.1, 0.15) is 26.2 Å². The van der Waals surface area contributed by atoms with Gasteiger partial charge in [-0.3, -0.25) is 4.99 Å². The van der Waals surface area contributed by atoms with Crippen LogP contribution >= 0.6 is 11.8 Å². The number of nitrogens with two attached hydrogens (primary N) is 1. The van der Waals surface area contributed by atoms with E-state index < -0.39 is 0 Å². The molecule has 4 nitrogen and oxygen atoms in total. The van der Waals surface area contributed by atoms with Crippen LogP contribution in [0, 0.1) is 5.41 Å². The van der Waals surface area contributed by atoms with Gasteiger partial charge in [0.2, 0.25) is 0 Å². The van der Waals surface area contributed by atoms with Crippen LogP contribution in [0.2, 0.25) is 0 Å². The third kappa shape index (κ3) is 4.05. The Morgan fingerprint density at radius 1 is 1.39 bits per heavy atom. The second-order valence-corrected chi connectivity index (χ2v) is 6.45. The molecule has 2 rings (SSSR count). The molecule has 1 heterocycles. The van der Waals surface area contributed by atoms with Crippen LogP contribution in [0.5, 0.6) is 0 Å². The fourth-order valence-corrected chi connectivity index (χ4v) is 3.14. The van der Waals surface area contributed by atoms with Crippen LogP contribution in [0.15, 0.2) is 4.99 Å². The second-order valence-electron chi connectivity index (χ2n) is 5.22. The molecule has 0 spiro atoms. The van der Waals surface area contributed by atoms with E-state index in [0.717, 1.165) is 45.2 Å². The molecule has 0 unspecified atom stereocenters. The predicted octanol–water partition coefficient (Wildman–Crippen LogP) is 1.56. The number of aliphatic imine (C=N–C) groups is 1. The third-order valence-corrected chi connectivity index (χ3v) is 4.79. The SMILES string of the molecule is CCOCCC1(CN=C(N)N2CCSCC2)CC1. The largest absolute Gasteiger partial charge is 0.382 e. The van der Waals surface area contributed by atoms with Gasteiger partial charge < -0.3 is 15.4 Å². The fraction of sp³-hybridized carbons (Fsp3) is 0.923. The molecule has 1 saturated heterocycles. The van der Waals surface area contributed by atoms with Crippen LogP contribution < -0.4 is 5.73 Å². The first kappa shape index (κ1) is 14.0. The van der Waals surface area contributed by atoms with Crippen molar-refractivity contribution in [2.45, 2.75) is 26.2 Å². The molecular weight excluding hydrogens is 246 g/mol. The lowest BCUT2D eigenvalue weighted by Gasteiger charge is -2.27. The molecule has 1 saturated carbocycles. The van der Waals surface area contributed by atoms with Gasteiger partial charge in [-0.25, -0.2) is 0 Å². The average Bonchev–Trinajstić information content (AvgIpc) is 3.18. The summed E-state index contributed by atoms with van der Waals surface area (Å²) in [5, 5.41) is 0. The molecule has 1 aliphatic carbocycles. The molecular formula is C13H25N3OS. The molecule has 0 aromatic carbocycles. The Balaban J connectivity index is 1.74. The maximum Gasteiger partial charge on any atom is 0.191 e. The van der Waals surface area contributed by atoms with Crippen molar-refractivity contribution in [3.63, 3.8) is 0 Å². The summed E-state index contributed by atoms with van der Waals surface area (Å²) in [5.41, 5.74) is 6.48. The van der Waals surface area contributed by atoms with Crippen molar-refractivity contribution < 1.29 is 4.74 Å². The van der Waals surface area contributed by atoms with Crippen molar-refractivity contribution in [2.75, 3.05) is 44.4 Å². The number of thioether (sulfide) groups is 1. The van der Waals surface area contributed by atoms with Gasteiger partial charge >= 0.3 is 0 Å². The molecule has 2 aliphatic rings. The van der Waals surface area contributed by atoms with Gasteiger partial charge in [-0.15, -0.1) is 0 Å².